The van der Waals surface area contributed by atoms with Crippen LogP contribution in [0.15, 0.2) is 33.9 Å². The Bertz CT molecular complexity index is 657. The van der Waals surface area contributed by atoms with E-state index in [2.05, 4.69) is 4.98 Å². The first kappa shape index (κ1) is 12.0. The first-order chi connectivity index (χ1) is 7.99. The van der Waals surface area contributed by atoms with Crippen LogP contribution in [-0.2, 0) is 0 Å². The lowest BCUT2D eigenvalue weighted by Gasteiger charge is -2.06. The van der Waals surface area contributed by atoms with E-state index >= 15 is 0 Å². The summed E-state index contributed by atoms with van der Waals surface area (Å²) in [5.74, 6) is 0. The molecule has 1 heterocycles. The minimum absolute atomic E-state index is 0.00876. The van der Waals surface area contributed by atoms with Crippen LogP contribution in [0.1, 0.15) is 5.56 Å². The lowest BCUT2D eigenvalue weighted by molar-refractivity contribution is 0.875. The quantitative estimate of drug-likeness (QED) is 0.808. The molecular formula is C11H8Cl2N2O2. The maximum atomic E-state index is 11.7. The summed E-state index contributed by atoms with van der Waals surface area (Å²) in [6.07, 6.45) is 0. The first-order valence-electron chi connectivity index (χ1n) is 4.77. The lowest BCUT2D eigenvalue weighted by atomic mass is 10.2. The van der Waals surface area contributed by atoms with Gasteiger partial charge in [0, 0.05) is 11.1 Å². The van der Waals surface area contributed by atoms with Crippen molar-refractivity contribution in [2.24, 2.45) is 0 Å². The number of hydrogen-bond acceptors (Lipinski definition) is 2. The highest BCUT2D eigenvalue weighted by molar-refractivity contribution is 6.31. The fourth-order valence-electron chi connectivity index (χ4n) is 1.43. The standard InChI is InChI=1S/C11H8Cl2N2O2/c1-6-2-3-7(4-8(6)12)15-10(16)5-9(13)14-11(15)17/h2-5H,1H3,(H,14,17). The third-order valence-corrected chi connectivity index (χ3v) is 2.92. The van der Waals surface area contributed by atoms with Crippen LogP contribution in [0.2, 0.25) is 10.2 Å². The van der Waals surface area contributed by atoms with Gasteiger partial charge in [-0.2, -0.15) is 0 Å². The fourth-order valence-corrected chi connectivity index (χ4v) is 1.78. The molecule has 0 bridgehead atoms. The molecule has 0 aliphatic rings. The van der Waals surface area contributed by atoms with E-state index in [0.29, 0.717) is 10.7 Å². The van der Waals surface area contributed by atoms with Crippen molar-refractivity contribution >= 4 is 23.2 Å². The van der Waals surface area contributed by atoms with Gasteiger partial charge in [0.1, 0.15) is 5.15 Å². The van der Waals surface area contributed by atoms with Crippen molar-refractivity contribution in [1.82, 2.24) is 9.55 Å². The zero-order valence-electron chi connectivity index (χ0n) is 8.83. The van der Waals surface area contributed by atoms with Crippen LogP contribution < -0.4 is 11.2 Å². The van der Waals surface area contributed by atoms with E-state index in [9.17, 15) is 9.59 Å². The van der Waals surface area contributed by atoms with Crippen molar-refractivity contribution in [1.29, 1.82) is 0 Å². The zero-order chi connectivity index (χ0) is 12.6. The SMILES string of the molecule is Cc1ccc(-n2c(=O)cc(Cl)[nH]c2=O)cc1Cl. The number of H-pyrrole nitrogens is 1. The summed E-state index contributed by atoms with van der Waals surface area (Å²) in [7, 11) is 0. The highest BCUT2D eigenvalue weighted by Crippen LogP contribution is 2.17. The van der Waals surface area contributed by atoms with Gasteiger partial charge in [0.25, 0.3) is 5.56 Å². The topological polar surface area (TPSA) is 54.9 Å². The molecule has 4 nitrogen and oxygen atoms in total. The Labute approximate surface area is 106 Å². The van der Waals surface area contributed by atoms with Crippen molar-refractivity contribution in [2.45, 2.75) is 6.92 Å². The van der Waals surface area contributed by atoms with Crippen LogP contribution in [0.5, 0.6) is 0 Å². The smallest absolute Gasteiger partial charge is 0.297 e. The van der Waals surface area contributed by atoms with Gasteiger partial charge in [0.05, 0.1) is 5.69 Å². The van der Waals surface area contributed by atoms with Crippen LogP contribution in [0.25, 0.3) is 5.69 Å². The molecule has 1 aromatic carbocycles. The van der Waals surface area contributed by atoms with Crippen molar-refractivity contribution in [3.05, 3.63) is 60.8 Å². The van der Waals surface area contributed by atoms with E-state index in [4.69, 9.17) is 23.2 Å². The molecule has 0 spiro atoms. The van der Waals surface area contributed by atoms with Crippen molar-refractivity contribution in [2.75, 3.05) is 0 Å². The predicted octanol–water partition coefficient (Wildman–Crippen LogP) is 2.14. The summed E-state index contributed by atoms with van der Waals surface area (Å²) >= 11 is 11.5. The Hall–Kier alpha value is -1.52. The highest BCUT2D eigenvalue weighted by Gasteiger charge is 2.07. The van der Waals surface area contributed by atoms with Crippen LogP contribution in [0, 0.1) is 6.92 Å². The summed E-state index contributed by atoms with van der Waals surface area (Å²) in [5.41, 5.74) is 0.179. The van der Waals surface area contributed by atoms with Gasteiger partial charge in [-0.25, -0.2) is 9.36 Å². The maximum Gasteiger partial charge on any atom is 0.334 e. The molecule has 1 N–H and O–H groups in total. The predicted molar refractivity (Wildman–Crippen MR) is 67.4 cm³/mol. The van der Waals surface area contributed by atoms with Crippen LogP contribution in [-0.4, -0.2) is 9.55 Å². The summed E-state index contributed by atoms with van der Waals surface area (Å²) in [6.45, 7) is 1.83. The summed E-state index contributed by atoms with van der Waals surface area (Å²) in [4.78, 5) is 25.7. The second-order valence-corrected chi connectivity index (χ2v) is 4.34. The molecule has 2 rings (SSSR count). The lowest BCUT2D eigenvalue weighted by Crippen LogP contribution is -2.32. The Morgan fingerprint density at radius 1 is 1.18 bits per heavy atom. The molecule has 1 aromatic heterocycles. The number of nitrogens with zero attached hydrogens (tertiary/aromatic N) is 1. The molecule has 6 heteroatoms. The van der Waals surface area contributed by atoms with Gasteiger partial charge in [-0.1, -0.05) is 29.3 Å². The highest BCUT2D eigenvalue weighted by atomic mass is 35.5. The Morgan fingerprint density at radius 3 is 2.47 bits per heavy atom. The molecule has 0 unspecified atom stereocenters. The number of nitrogens with one attached hydrogen (secondary N) is 1. The average molecular weight is 271 g/mol. The molecule has 0 radical (unpaired) electrons. The van der Waals surface area contributed by atoms with E-state index in [1.54, 1.807) is 18.2 Å². The Kier molecular flexibility index (Phi) is 3.09. The largest absolute Gasteiger partial charge is 0.334 e. The summed E-state index contributed by atoms with van der Waals surface area (Å²) in [6, 6.07) is 6.07. The number of halogens is 2. The number of aromatic nitrogens is 2. The Morgan fingerprint density at radius 2 is 1.88 bits per heavy atom. The van der Waals surface area contributed by atoms with E-state index < -0.39 is 11.2 Å². The van der Waals surface area contributed by atoms with Gasteiger partial charge < -0.3 is 0 Å². The van der Waals surface area contributed by atoms with E-state index in [1.807, 2.05) is 6.92 Å². The molecule has 0 saturated heterocycles. The number of aromatic amines is 1. The zero-order valence-corrected chi connectivity index (χ0v) is 10.3. The van der Waals surface area contributed by atoms with Crippen molar-refractivity contribution in [3.8, 4) is 5.69 Å². The number of hydrogen-bond donors (Lipinski definition) is 1. The van der Waals surface area contributed by atoms with Crippen molar-refractivity contribution < 1.29 is 0 Å². The molecule has 0 aliphatic carbocycles. The Balaban J connectivity index is 2.73. The number of aryl methyl sites for hydroxylation is 1. The van der Waals surface area contributed by atoms with E-state index in [0.717, 1.165) is 16.2 Å². The van der Waals surface area contributed by atoms with Crippen LogP contribution >= 0.6 is 23.2 Å². The normalized spacial score (nSPS) is 10.5. The molecule has 0 saturated carbocycles. The monoisotopic (exact) mass is 270 g/mol. The maximum absolute atomic E-state index is 11.7. The van der Waals surface area contributed by atoms with Gasteiger partial charge in [0.2, 0.25) is 0 Å². The van der Waals surface area contributed by atoms with Crippen LogP contribution in [0.3, 0.4) is 0 Å². The minimum atomic E-state index is -0.595. The van der Waals surface area contributed by atoms with Gasteiger partial charge in [0.15, 0.2) is 0 Å². The molecule has 88 valence electrons. The molecule has 0 atom stereocenters. The third-order valence-electron chi connectivity index (χ3n) is 2.31. The van der Waals surface area contributed by atoms with Gasteiger partial charge >= 0.3 is 5.69 Å². The minimum Gasteiger partial charge on any atom is -0.297 e. The average Bonchev–Trinajstić information content (AvgIpc) is 2.21. The van der Waals surface area contributed by atoms with Crippen molar-refractivity contribution in [3.63, 3.8) is 0 Å². The summed E-state index contributed by atoms with van der Waals surface area (Å²) < 4.78 is 0.969. The first-order valence-corrected chi connectivity index (χ1v) is 5.53. The molecule has 2 aromatic rings. The van der Waals surface area contributed by atoms with E-state index in [-0.39, 0.29) is 5.15 Å². The fraction of sp³-hybridized carbons (Fsp3) is 0.0909. The molecule has 0 fully saturated rings. The molecule has 17 heavy (non-hydrogen) atoms. The third kappa shape index (κ3) is 2.28. The van der Waals surface area contributed by atoms with Crippen LogP contribution in [0.4, 0.5) is 0 Å². The second-order valence-electron chi connectivity index (χ2n) is 3.53. The second kappa shape index (κ2) is 4.39. The summed E-state index contributed by atoms with van der Waals surface area (Å²) in [5, 5.41) is 0.498. The van der Waals surface area contributed by atoms with E-state index in [1.165, 1.54) is 0 Å². The molecule has 0 aliphatic heterocycles. The van der Waals surface area contributed by atoms with Gasteiger partial charge in [-0.3, -0.25) is 9.78 Å². The van der Waals surface area contributed by atoms with Gasteiger partial charge in [-0.15, -0.1) is 0 Å². The number of benzene rings is 1. The molecule has 0 amide bonds. The number of rotatable bonds is 1. The van der Waals surface area contributed by atoms with Gasteiger partial charge in [-0.05, 0) is 24.6 Å². The molecular weight excluding hydrogens is 263 g/mol.